The highest BCUT2D eigenvalue weighted by molar-refractivity contribution is 6.03. The molecule has 1 N–H and O–H groups in total. The quantitative estimate of drug-likeness (QED) is 0.701. The smallest absolute Gasteiger partial charge is 0.291 e. The number of nitrogens with one attached hydrogen (secondary N) is 1. The van der Waals surface area contributed by atoms with Crippen LogP contribution in [-0.2, 0) is 6.42 Å². The first-order valence-corrected chi connectivity index (χ1v) is 8.15. The average molecular weight is 319 g/mol. The van der Waals surface area contributed by atoms with E-state index in [1.807, 2.05) is 36.4 Å². The largest absolute Gasteiger partial charge is 0.451 e. The predicted molar refractivity (Wildman–Crippen MR) is 97.4 cm³/mol. The second-order valence-electron chi connectivity index (χ2n) is 5.93. The van der Waals surface area contributed by atoms with Gasteiger partial charge in [0.2, 0.25) is 0 Å². The molecule has 1 amide bonds. The summed E-state index contributed by atoms with van der Waals surface area (Å²) in [6, 6.07) is 17.5. The summed E-state index contributed by atoms with van der Waals surface area (Å²) in [4.78, 5) is 12.4. The molecule has 24 heavy (non-hydrogen) atoms. The van der Waals surface area contributed by atoms with E-state index < -0.39 is 0 Å². The maximum Gasteiger partial charge on any atom is 0.291 e. The molecule has 0 unspecified atom stereocenters. The molecule has 1 heterocycles. The van der Waals surface area contributed by atoms with Crippen LogP contribution in [0.1, 0.15) is 34.2 Å². The zero-order valence-corrected chi connectivity index (χ0v) is 14.2. The van der Waals surface area contributed by atoms with Crippen LogP contribution in [-0.4, -0.2) is 5.91 Å². The standard InChI is InChI=1S/C21H21NO2/c1-4-16-7-5-6-8-18(16)22-21(23)20-12-11-19(24-20)17-10-9-14(2)15(3)13-17/h5-13H,4H2,1-3H3,(H,22,23). The number of hydrogen-bond donors (Lipinski definition) is 1. The van der Waals surface area contributed by atoms with Crippen molar-refractivity contribution in [2.45, 2.75) is 27.2 Å². The Kier molecular flexibility index (Phi) is 4.52. The number of furan rings is 1. The molecule has 122 valence electrons. The lowest BCUT2D eigenvalue weighted by atomic mass is 10.1. The molecule has 3 nitrogen and oxygen atoms in total. The van der Waals surface area contributed by atoms with Gasteiger partial charge in [-0.2, -0.15) is 0 Å². The lowest BCUT2D eigenvalue weighted by Crippen LogP contribution is -2.12. The minimum Gasteiger partial charge on any atom is -0.451 e. The highest BCUT2D eigenvalue weighted by atomic mass is 16.3. The van der Waals surface area contributed by atoms with E-state index in [-0.39, 0.29) is 5.91 Å². The zero-order chi connectivity index (χ0) is 17.1. The van der Waals surface area contributed by atoms with Crippen molar-refractivity contribution in [1.29, 1.82) is 0 Å². The number of carbonyl (C=O) groups excluding carboxylic acids is 1. The van der Waals surface area contributed by atoms with Crippen LogP contribution in [0.3, 0.4) is 0 Å². The Morgan fingerprint density at radius 1 is 1.00 bits per heavy atom. The molecule has 0 aliphatic heterocycles. The SMILES string of the molecule is CCc1ccccc1NC(=O)c1ccc(-c2ccc(C)c(C)c2)o1. The molecule has 0 aliphatic rings. The number of anilines is 1. The summed E-state index contributed by atoms with van der Waals surface area (Å²) in [7, 11) is 0. The van der Waals surface area contributed by atoms with Crippen LogP contribution in [0.25, 0.3) is 11.3 Å². The van der Waals surface area contributed by atoms with Gasteiger partial charge in [0.1, 0.15) is 5.76 Å². The van der Waals surface area contributed by atoms with Gasteiger partial charge in [-0.1, -0.05) is 37.3 Å². The Balaban J connectivity index is 1.82. The number of aryl methyl sites for hydroxylation is 3. The van der Waals surface area contributed by atoms with Crippen LogP contribution in [0.4, 0.5) is 5.69 Å². The lowest BCUT2D eigenvalue weighted by molar-refractivity contribution is 0.0997. The second kappa shape index (κ2) is 6.75. The maximum atomic E-state index is 12.4. The van der Waals surface area contributed by atoms with Crippen molar-refractivity contribution in [3.05, 3.63) is 77.0 Å². The fourth-order valence-corrected chi connectivity index (χ4v) is 2.64. The third kappa shape index (κ3) is 3.25. The molecule has 0 fully saturated rings. The summed E-state index contributed by atoms with van der Waals surface area (Å²) in [5.74, 6) is 0.784. The summed E-state index contributed by atoms with van der Waals surface area (Å²) in [5, 5.41) is 2.93. The highest BCUT2D eigenvalue weighted by Crippen LogP contribution is 2.25. The van der Waals surface area contributed by atoms with Crippen molar-refractivity contribution in [3.63, 3.8) is 0 Å². The van der Waals surface area contributed by atoms with Crippen LogP contribution < -0.4 is 5.32 Å². The molecule has 0 atom stereocenters. The summed E-state index contributed by atoms with van der Waals surface area (Å²) in [6.07, 6.45) is 0.864. The molecule has 0 saturated heterocycles. The Bertz CT molecular complexity index is 877. The molecule has 3 heteroatoms. The van der Waals surface area contributed by atoms with Gasteiger partial charge in [-0.05, 0) is 61.2 Å². The minimum absolute atomic E-state index is 0.231. The van der Waals surface area contributed by atoms with Gasteiger partial charge in [0.05, 0.1) is 0 Å². The van der Waals surface area contributed by atoms with E-state index in [2.05, 4.69) is 38.2 Å². The molecule has 0 bridgehead atoms. The summed E-state index contributed by atoms with van der Waals surface area (Å²) in [6.45, 7) is 6.21. The zero-order valence-electron chi connectivity index (χ0n) is 14.2. The van der Waals surface area contributed by atoms with Gasteiger partial charge >= 0.3 is 0 Å². The molecule has 0 aliphatic carbocycles. The van der Waals surface area contributed by atoms with Crippen LogP contribution in [0.5, 0.6) is 0 Å². The summed E-state index contributed by atoms with van der Waals surface area (Å²) < 4.78 is 5.76. The second-order valence-corrected chi connectivity index (χ2v) is 5.93. The van der Waals surface area contributed by atoms with Gasteiger partial charge in [0.15, 0.2) is 5.76 Å². The van der Waals surface area contributed by atoms with Crippen LogP contribution in [0.2, 0.25) is 0 Å². The molecule has 0 radical (unpaired) electrons. The van der Waals surface area contributed by atoms with Crippen LogP contribution >= 0.6 is 0 Å². The first-order valence-electron chi connectivity index (χ1n) is 8.15. The number of rotatable bonds is 4. The molecular weight excluding hydrogens is 298 g/mol. The summed E-state index contributed by atoms with van der Waals surface area (Å²) >= 11 is 0. The fourth-order valence-electron chi connectivity index (χ4n) is 2.64. The van der Waals surface area contributed by atoms with E-state index >= 15 is 0 Å². The fraction of sp³-hybridized carbons (Fsp3) is 0.190. The molecule has 0 saturated carbocycles. The van der Waals surface area contributed by atoms with E-state index in [0.29, 0.717) is 11.5 Å². The minimum atomic E-state index is -0.231. The maximum absolute atomic E-state index is 12.4. The van der Waals surface area contributed by atoms with Crippen molar-refractivity contribution in [3.8, 4) is 11.3 Å². The Hall–Kier alpha value is -2.81. The van der Waals surface area contributed by atoms with Crippen LogP contribution in [0, 0.1) is 13.8 Å². The number of benzene rings is 2. The van der Waals surface area contributed by atoms with Crippen molar-refractivity contribution >= 4 is 11.6 Å². The molecule has 3 aromatic rings. The van der Waals surface area contributed by atoms with E-state index in [0.717, 1.165) is 23.2 Å². The average Bonchev–Trinajstić information content (AvgIpc) is 3.08. The van der Waals surface area contributed by atoms with Crippen molar-refractivity contribution in [1.82, 2.24) is 0 Å². The monoisotopic (exact) mass is 319 g/mol. The number of para-hydroxylation sites is 1. The molecule has 0 spiro atoms. The van der Waals surface area contributed by atoms with Gasteiger partial charge in [-0.15, -0.1) is 0 Å². The normalized spacial score (nSPS) is 10.6. The third-order valence-electron chi connectivity index (χ3n) is 4.27. The van der Waals surface area contributed by atoms with E-state index in [9.17, 15) is 4.79 Å². The molecule has 3 rings (SSSR count). The van der Waals surface area contributed by atoms with Crippen molar-refractivity contribution in [2.75, 3.05) is 5.32 Å². The Morgan fingerprint density at radius 3 is 2.54 bits per heavy atom. The van der Waals surface area contributed by atoms with E-state index in [1.165, 1.54) is 11.1 Å². The number of carbonyl (C=O) groups is 1. The lowest BCUT2D eigenvalue weighted by Gasteiger charge is -2.08. The van der Waals surface area contributed by atoms with E-state index in [1.54, 1.807) is 6.07 Å². The molecule has 1 aromatic heterocycles. The molecule has 2 aromatic carbocycles. The first kappa shape index (κ1) is 16.1. The van der Waals surface area contributed by atoms with Gasteiger partial charge in [0.25, 0.3) is 5.91 Å². The predicted octanol–water partition coefficient (Wildman–Crippen LogP) is 5.38. The van der Waals surface area contributed by atoms with Gasteiger partial charge in [-0.25, -0.2) is 0 Å². The van der Waals surface area contributed by atoms with Gasteiger partial charge in [-0.3, -0.25) is 4.79 Å². The number of amides is 1. The Morgan fingerprint density at radius 2 is 1.79 bits per heavy atom. The topological polar surface area (TPSA) is 42.2 Å². The number of hydrogen-bond acceptors (Lipinski definition) is 2. The highest BCUT2D eigenvalue weighted by Gasteiger charge is 2.14. The molecular formula is C21H21NO2. The van der Waals surface area contributed by atoms with Crippen LogP contribution in [0.15, 0.2) is 59.0 Å². The van der Waals surface area contributed by atoms with Gasteiger partial charge in [0, 0.05) is 11.3 Å². The Labute approximate surface area is 142 Å². The van der Waals surface area contributed by atoms with E-state index in [4.69, 9.17) is 4.42 Å². The van der Waals surface area contributed by atoms with Gasteiger partial charge < -0.3 is 9.73 Å². The van der Waals surface area contributed by atoms with Crippen molar-refractivity contribution < 1.29 is 9.21 Å². The van der Waals surface area contributed by atoms with Crippen molar-refractivity contribution in [2.24, 2.45) is 0 Å². The third-order valence-corrected chi connectivity index (χ3v) is 4.27. The summed E-state index contributed by atoms with van der Waals surface area (Å²) in [5.41, 5.74) is 5.35. The first-order chi connectivity index (χ1) is 11.6.